The number of unbranched alkanes of at least 4 members (excludes halogenated alkanes) is 33. The molecule has 0 aliphatic heterocycles. The summed E-state index contributed by atoms with van der Waals surface area (Å²) < 4.78 is 0. The number of aliphatic hydroxyl groups excluding tert-OH is 2. The largest absolute Gasteiger partial charge is 0.394 e. The maximum Gasteiger partial charge on any atom is 0.220 e. The zero-order valence-corrected chi connectivity index (χ0v) is 36.5. The van der Waals surface area contributed by atoms with Crippen LogP contribution in [0.4, 0.5) is 0 Å². The second-order valence-corrected chi connectivity index (χ2v) is 16.5. The summed E-state index contributed by atoms with van der Waals surface area (Å²) in [5, 5.41) is 23.0. The number of hydrogen-bond donors (Lipinski definition) is 3. The Labute approximate surface area is 338 Å². The Bertz CT molecular complexity index is 821. The number of nitrogens with one attached hydrogen (secondary N) is 1. The fourth-order valence-electron chi connectivity index (χ4n) is 7.37. The highest BCUT2D eigenvalue weighted by atomic mass is 16.3. The van der Waals surface area contributed by atoms with Crippen LogP contribution >= 0.6 is 0 Å². The van der Waals surface area contributed by atoms with E-state index in [9.17, 15) is 15.0 Å². The topological polar surface area (TPSA) is 69.6 Å². The van der Waals surface area contributed by atoms with Crippen LogP contribution in [-0.2, 0) is 4.79 Å². The van der Waals surface area contributed by atoms with E-state index < -0.39 is 12.1 Å². The molecule has 0 aromatic heterocycles. The maximum atomic E-state index is 12.3. The van der Waals surface area contributed by atoms with Crippen LogP contribution in [0, 0.1) is 0 Å². The molecule has 0 aliphatic rings. The minimum absolute atomic E-state index is 0.0824. The van der Waals surface area contributed by atoms with Crippen molar-refractivity contribution in [1.82, 2.24) is 5.32 Å². The summed E-state index contributed by atoms with van der Waals surface area (Å²) in [6.07, 6.45) is 61.4. The van der Waals surface area contributed by atoms with Gasteiger partial charge in [0.2, 0.25) is 5.91 Å². The molecule has 0 bridgehead atoms. The van der Waals surface area contributed by atoms with Crippen LogP contribution < -0.4 is 5.32 Å². The van der Waals surface area contributed by atoms with E-state index >= 15 is 0 Å². The number of allylic oxidation sites excluding steroid dienone is 5. The first-order valence-corrected chi connectivity index (χ1v) is 24.2. The van der Waals surface area contributed by atoms with Gasteiger partial charge in [-0.15, -0.1) is 0 Å². The van der Waals surface area contributed by atoms with Gasteiger partial charge in [-0.3, -0.25) is 4.79 Å². The zero-order valence-electron chi connectivity index (χ0n) is 36.5. The Kier molecular flexibility index (Phi) is 44.8. The molecule has 318 valence electrons. The molecule has 0 aromatic rings. The number of hydrogen-bond acceptors (Lipinski definition) is 3. The van der Waals surface area contributed by atoms with Crippen LogP contribution in [0.2, 0.25) is 0 Å². The summed E-state index contributed by atoms with van der Waals surface area (Å²) in [4.78, 5) is 12.3. The summed E-state index contributed by atoms with van der Waals surface area (Å²) in [5.41, 5.74) is 0. The Morgan fingerprint density at radius 2 is 0.722 bits per heavy atom. The summed E-state index contributed by atoms with van der Waals surface area (Å²) in [5.74, 6) is -0.0824. The van der Waals surface area contributed by atoms with E-state index in [0.717, 1.165) is 44.9 Å². The van der Waals surface area contributed by atoms with Gasteiger partial charge in [0.25, 0.3) is 0 Å². The van der Waals surface area contributed by atoms with Gasteiger partial charge in [0.1, 0.15) is 0 Å². The molecule has 0 radical (unpaired) electrons. The Hall–Kier alpha value is -1.39. The molecule has 0 heterocycles. The Balaban J connectivity index is 3.52. The minimum atomic E-state index is -0.864. The van der Waals surface area contributed by atoms with Crippen molar-refractivity contribution in [1.29, 1.82) is 0 Å². The zero-order chi connectivity index (χ0) is 39.3. The van der Waals surface area contributed by atoms with Gasteiger partial charge < -0.3 is 15.5 Å². The number of aliphatic hydroxyl groups is 2. The van der Waals surface area contributed by atoms with Gasteiger partial charge in [-0.1, -0.05) is 230 Å². The molecule has 3 N–H and O–H groups in total. The molecule has 2 unspecified atom stereocenters. The molecule has 0 aliphatic carbocycles. The van der Waals surface area contributed by atoms with Crippen LogP contribution in [0.1, 0.15) is 258 Å². The van der Waals surface area contributed by atoms with Crippen molar-refractivity contribution in [2.45, 2.75) is 270 Å². The first-order chi connectivity index (χ1) is 26.7. The molecule has 0 spiro atoms. The summed E-state index contributed by atoms with van der Waals surface area (Å²) in [6, 6.07) is -0.642. The normalized spacial score (nSPS) is 13.2. The van der Waals surface area contributed by atoms with Crippen molar-refractivity contribution >= 4 is 5.91 Å². The predicted molar refractivity (Wildman–Crippen MR) is 239 cm³/mol. The first kappa shape index (κ1) is 52.6. The second-order valence-electron chi connectivity index (χ2n) is 16.5. The van der Waals surface area contributed by atoms with Crippen molar-refractivity contribution in [3.05, 3.63) is 36.5 Å². The van der Waals surface area contributed by atoms with Crippen LogP contribution in [0.3, 0.4) is 0 Å². The van der Waals surface area contributed by atoms with Crippen LogP contribution in [0.5, 0.6) is 0 Å². The van der Waals surface area contributed by atoms with Crippen LogP contribution in [-0.4, -0.2) is 34.9 Å². The monoisotopic (exact) mass is 758 g/mol. The van der Waals surface area contributed by atoms with Gasteiger partial charge in [0, 0.05) is 6.42 Å². The molecule has 0 rings (SSSR count). The van der Waals surface area contributed by atoms with E-state index in [1.807, 2.05) is 6.08 Å². The number of carbonyl (C=O) groups is 1. The van der Waals surface area contributed by atoms with Crippen LogP contribution in [0.25, 0.3) is 0 Å². The average Bonchev–Trinajstić information content (AvgIpc) is 3.18. The van der Waals surface area contributed by atoms with Gasteiger partial charge in [-0.2, -0.15) is 0 Å². The lowest BCUT2D eigenvalue weighted by molar-refractivity contribution is -0.123. The van der Waals surface area contributed by atoms with Gasteiger partial charge in [0.05, 0.1) is 18.8 Å². The molecule has 4 nitrogen and oxygen atoms in total. The molecule has 0 saturated heterocycles. The fourth-order valence-corrected chi connectivity index (χ4v) is 7.37. The molecular formula is C50H95NO3. The molecule has 54 heavy (non-hydrogen) atoms. The van der Waals surface area contributed by atoms with Crippen molar-refractivity contribution in [2.75, 3.05) is 6.61 Å². The molecule has 0 saturated carbocycles. The van der Waals surface area contributed by atoms with E-state index in [0.29, 0.717) is 6.42 Å². The number of amides is 1. The molecule has 2 atom stereocenters. The number of carbonyl (C=O) groups excluding carboxylic acids is 1. The quantitative estimate of drug-likeness (QED) is 0.0428. The van der Waals surface area contributed by atoms with E-state index in [1.54, 1.807) is 6.08 Å². The lowest BCUT2D eigenvalue weighted by Gasteiger charge is -2.19. The van der Waals surface area contributed by atoms with Crippen molar-refractivity contribution in [2.24, 2.45) is 0 Å². The van der Waals surface area contributed by atoms with Crippen molar-refractivity contribution in [3.63, 3.8) is 0 Å². The SMILES string of the molecule is CCCCCC/C=C\CCCCCCCC(=O)NC(CO)C(O)/C=C/CC/C=C/CCCCCCCCCCCCCCCCCCCCCCCCC. The lowest BCUT2D eigenvalue weighted by atomic mass is 10.0. The molecule has 0 fully saturated rings. The van der Waals surface area contributed by atoms with Crippen molar-refractivity contribution < 1.29 is 15.0 Å². The average molecular weight is 758 g/mol. The second kappa shape index (κ2) is 46.0. The third kappa shape index (κ3) is 41.8. The summed E-state index contributed by atoms with van der Waals surface area (Å²) in [6.45, 7) is 4.29. The smallest absolute Gasteiger partial charge is 0.220 e. The highest BCUT2D eigenvalue weighted by Gasteiger charge is 2.17. The summed E-state index contributed by atoms with van der Waals surface area (Å²) >= 11 is 0. The minimum Gasteiger partial charge on any atom is -0.394 e. The van der Waals surface area contributed by atoms with E-state index in [1.165, 1.54) is 193 Å². The molecule has 0 aromatic carbocycles. The van der Waals surface area contributed by atoms with Crippen LogP contribution in [0.15, 0.2) is 36.5 Å². The first-order valence-electron chi connectivity index (χ1n) is 24.2. The number of rotatable bonds is 44. The predicted octanol–water partition coefficient (Wildman–Crippen LogP) is 15.4. The Morgan fingerprint density at radius 3 is 1.09 bits per heavy atom. The molecular weight excluding hydrogens is 663 g/mol. The highest BCUT2D eigenvalue weighted by Crippen LogP contribution is 2.16. The highest BCUT2D eigenvalue weighted by molar-refractivity contribution is 5.76. The van der Waals surface area contributed by atoms with Crippen molar-refractivity contribution in [3.8, 4) is 0 Å². The third-order valence-electron chi connectivity index (χ3n) is 11.1. The fraction of sp³-hybridized carbons (Fsp3) is 0.860. The van der Waals surface area contributed by atoms with E-state index in [4.69, 9.17) is 0 Å². The van der Waals surface area contributed by atoms with Gasteiger partial charge in [-0.25, -0.2) is 0 Å². The van der Waals surface area contributed by atoms with E-state index in [2.05, 4.69) is 43.5 Å². The van der Waals surface area contributed by atoms with Gasteiger partial charge in [0.15, 0.2) is 0 Å². The standard InChI is InChI=1S/C50H95NO3/c1-3-5-7-9-11-13-15-17-18-19-20-21-22-23-24-25-26-27-28-29-30-31-32-34-35-37-39-41-43-45-49(53)48(47-52)51-50(54)46-44-42-40-38-36-33-16-14-12-10-8-6-4-2/h14,16,35,37,43,45,48-49,52-53H,3-13,15,17-34,36,38-42,44,46-47H2,1-2H3,(H,51,54)/b16-14-,37-35+,45-43+. The van der Waals surface area contributed by atoms with E-state index in [-0.39, 0.29) is 12.5 Å². The molecule has 4 heteroatoms. The van der Waals surface area contributed by atoms with Gasteiger partial charge >= 0.3 is 0 Å². The molecule has 1 amide bonds. The lowest BCUT2D eigenvalue weighted by Crippen LogP contribution is -2.45. The summed E-state index contributed by atoms with van der Waals surface area (Å²) in [7, 11) is 0. The van der Waals surface area contributed by atoms with Gasteiger partial charge in [-0.05, 0) is 57.8 Å². The maximum absolute atomic E-state index is 12.3. The third-order valence-corrected chi connectivity index (χ3v) is 11.1. The Morgan fingerprint density at radius 1 is 0.426 bits per heavy atom.